The predicted molar refractivity (Wildman–Crippen MR) is 65.6 cm³/mol. The minimum absolute atomic E-state index is 0.0220. The Labute approximate surface area is 106 Å². The quantitative estimate of drug-likeness (QED) is 0.850. The van der Waals surface area contributed by atoms with E-state index in [2.05, 4.69) is 5.32 Å². The number of halogens is 2. The molecule has 0 aliphatic heterocycles. The molecule has 0 aliphatic carbocycles. The average molecular weight is 259 g/mol. The van der Waals surface area contributed by atoms with Crippen LogP contribution >= 0.6 is 0 Å². The van der Waals surface area contributed by atoms with E-state index in [9.17, 15) is 13.9 Å². The fourth-order valence-corrected chi connectivity index (χ4v) is 1.24. The SMILES string of the molecule is CC(C)(C)NCC(O)COc1ccc(F)c(F)c1. The van der Waals surface area contributed by atoms with E-state index in [4.69, 9.17) is 4.74 Å². The summed E-state index contributed by atoms with van der Waals surface area (Å²) in [6.07, 6.45) is -0.711. The number of rotatable bonds is 5. The smallest absolute Gasteiger partial charge is 0.162 e. The van der Waals surface area contributed by atoms with Crippen LogP contribution in [0.4, 0.5) is 8.78 Å². The standard InChI is InChI=1S/C13H19F2NO2/c1-13(2,3)16-7-9(17)8-18-10-4-5-11(14)12(15)6-10/h4-6,9,16-17H,7-8H2,1-3H3. The molecule has 102 valence electrons. The van der Waals surface area contributed by atoms with Crippen LogP contribution in [0.15, 0.2) is 18.2 Å². The van der Waals surface area contributed by atoms with Crippen molar-refractivity contribution in [3.63, 3.8) is 0 Å². The summed E-state index contributed by atoms with van der Waals surface area (Å²) >= 11 is 0. The summed E-state index contributed by atoms with van der Waals surface area (Å²) in [5.74, 6) is -1.68. The minimum Gasteiger partial charge on any atom is -0.491 e. The van der Waals surface area contributed by atoms with Crippen LogP contribution in [0.1, 0.15) is 20.8 Å². The number of hydrogen-bond donors (Lipinski definition) is 2. The molecular weight excluding hydrogens is 240 g/mol. The molecule has 0 radical (unpaired) electrons. The first-order valence-electron chi connectivity index (χ1n) is 5.79. The van der Waals surface area contributed by atoms with Gasteiger partial charge in [-0.15, -0.1) is 0 Å². The van der Waals surface area contributed by atoms with Gasteiger partial charge in [0.2, 0.25) is 0 Å². The van der Waals surface area contributed by atoms with Crippen LogP contribution in [-0.4, -0.2) is 29.9 Å². The zero-order valence-electron chi connectivity index (χ0n) is 10.8. The Morgan fingerprint density at radius 1 is 1.28 bits per heavy atom. The average Bonchev–Trinajstić information content (AvgIpc) is 2.27. The third kappa shape index (κ3) is 5.42. The summed E-state index contributed by atoms with van der Waals surface area (Å²) < 4.78 is 30.7. The van der Waals surface area contributed by atoms with Gasteiger partial charge in [-0.3, -0.25) is 0 Å². The maximum atomic E-state index is 12.9. The summed E-state index contributed by atoms with van der Waals surface area (Å²) in [4.78, 5) is 0. The molecule has 1 aromatic carbocycles. The second-order valence-electron chi connectivity index (χ2n) is 5.17. The molecule has 1 atom stereocenters. The van der Waals surface area contributed by atoms with Gasteiger partial charge in [0.25, 0.3) is 0 Å². The number of nitrogens with one attached hydrogen (secondary N) is 1. The molecular formula is C13H19F2NO2. The number of hydrogen-bond acceptors (Lipinski definition) is 3. The number of ether oxygens (including phenoxy) is 1. The molecule has 0 heterocycles. The van der Waals surface area contributed by atoms with Gasteiger partial charge in [0.05, 0.1) is 0 Å². The van der Waals surface area contributed by atoms with Crippen molar-refractivity contribution in [2.24, 2.45) is 0 Å². The molecule has 0 bridgehead atoms. The van der Waals surface area contributed by atoms with Crippen molar-refractivity contribution >= 4 is 0 Å². The number of β-amino-alcohol motifs (C(OH)–C–C–N with tert-alkyl or cyclic N) is 1. The third-order valence-corrected chi connectivity index (χ3v) is 2.20. The summed E-state index contributed by atoms with van der Waals surface area (Å²) in [5, 5.41) is 12.8. The van der Waals surface area contributed by atoms with Gasteiger partial charge < -0.3 is 15.2 Å². The Bertz CT molecular complexity index is 391. The van der Waals surface area contributed by atoms with Crippen molar-refractivity contribution in [1.29, 1.82) is 0 Å². The van der Waals surface area contributed by atoms with E-state index in [0.29, 0.717) is 6.54 Å². The summed E-state index contributed by atoms with van der Waals surface area (Å²) in [5.41, 5.74) is -0.0943. The Morgan fingerprint density at radius 2 is 1.94 bits per heavy atom. The van der Waals surface area contributed by atoms with Crippen LogP contribution in [0.5, 0.6) is 5.75 Å². The lowest BCUT2D eigenvalue weighted by molar-refractivity contribution is 0.0998. The predicted octanol–water partition coefficient (Wildman–Crippen LogP) is 2.09. The molecule has 0 spiro atoms. The van der Waals surface area contributed by atoms with Crippen LogP contribution in [-0.2, 0) is 0 Å². The molecule has 3 nitrogen and oxygen atoms in total. The summed E-state index contributed by atoms with van der Waals surface area (Å²) in [6, 6.07) is 3.27. The molecule has 0 fully saturated rings. The first-order valence-corrected chi connectivity index (χ1v) is 5.79. The molecule has 0 aromatic heterocycles. The van der Waals surface area contributed by atoms with Crippen molar-refractivity contribution in [3.8, 4) is 5.75 Å². The van der Waals surface area contributed by atoms with Crippen molar-refractivity contribution < 1.29 is 18.6 Å². The van der Waals surface area contributed by atoms with E-state index >= 15 is 0 Å². The van der Waals surface area contributed by atoms with Crippen molar-refractivity contribution in [2.75, 3.05) is 13.2 Å². The third-order valence-electron chi connectivity index (χ3n) is 2.20. The van der Waals surface area contributed by atoms with Crippen molar-refractivity contribution in [2.45, 2.75) is 32.4 Å². The van der Waals surface area contributed by atoms with Gasteiger partial charge in [-0.05, 0) is 32.9 Å². The highest BCUT2D eigenvalue weighted by atomic mass is 19.2. The molecule has 5 heteroatoms. The first-order chi connectivity index (χ1) is 8.28. The molecule has 2 N–H and O–H groups in total. The molecule has 0 amide bonds. The van der Waals surface area contributed by atoms with Gasteiger partial charge >= 0.3 is 0 Å². The van der Waals surface area contributed by atoms with Crippen LogP contribution in [0.3, 0.4) is 0 Å². The second-order valence-corrected chi connectivity index (χ2v) is 5.17. The van der Waals surface area contributed by atoms with Crippen LogP contribution in [0, 0.1) is 11.6 Å². The lowest BCUT2D eigenvalue weighted by atomic mass is 10.1. The zero-order valence-corrected chi connectivity index (χ0v) is 10.8. The molecule has 18 heavy (non-hydrogen) atoms. The Morgan fingerprint density at radius 3 is 2.50 bits per heavy atom. The van der Waals surface area contributed by atoms with E-state index in [1.165, 1.54) is 6.07 Å². The molecule has 0 saturated carbocycles. The highest BCUT2D eigenvalue weighted by molar-refractivity contribution is 5.23. The van der Waals surface area contributed by atoms with E-state index in [1.54, 1.807) is 0 Å². The van der Waals surface area contributed by atoms with Gasteiger partial charge in [0.15, 0.2) is 11.6 Å². The number of benzene rings is 1. The van der Waals surface area contributed by atoms with Gasteiger partial charge in [-0.25, -0.2) is 8.78 Å². The van der Waals surface area contributed by atoms with Gasteiger partial charge in [-0.1, -0.05) is 0 Å². The van der Waals surface area contributed by atoms with Gasteiger partial charge in [0, 0.05) is 18.2 Å². The molecule has 0 aliphatic rings. The largest absolute Gasteiger partial charge is 0.491 e. The lowest BCUT2D eigenvalue weighted by Gasteiger charge is -2.22. The highest BCUT2D eigenvalue weighted by Gasteiger charge is 2.13. The van der Waals surface area contributed by atoms with Crippen LogP contribution in [0.25, 0.3) is 0 Å². The Balaban J connectivity index is 2.38. The van der Waals surface area contributed by atoms with E-state index in [-0.39, 0.29) is 17.9 Å². The highest BCUT2D eigenvalue weighted by Crippen LogP contribution is 2.15. The van der Waals surface area contributed by atoms with Gasteiger partial charge in [0.1, 0.15) is 18.5 Å². The minimum atomic E-state index is -0.963. The molecule has 1 rings (SSSR count). The van der Waals surface area contributed by atoms with Crippen LogP contribution in [0.2, 0.25) is 0 Å². The molecule has 0 saturated heterocycles. The lowest BCUT2D eigenvalue weighted by Crippen LogP contribution is -2.42. The van der Waals surface area contributed by atoms with Crippen LogP contribution < -0.4 is 10.1 Å². The van der Waals surface area contributed by atoms with Crippen molar-refractivity contribution in [1.82, 2.24) is 5.32 Å². The summed E-state index contributed by atoms with van der Waals surface area (Å²) in [7, 11) is 0. The van der Waals surface area contributed by atoms with Crippen molar-refractivity contribution in [3.05, 3.63) is 29.8 Å². The van der Waals surface area contributed by atoms with E-state index in [0.717, 1.165) is 12.1 Å². The van der Waals surface area contributed by atoms with Gasteiger partial charge in [-0.2, -0.15) is 0 Å². The maximum Gasteiger partial charge on any atom is 0.162 e. The fourth-order valence-electron chi connectivity index (χ4n) is 1.24. The first kappa shape index (κ1) is 14.9. The topological polar surface area (TPSA) is 41.5 Å². The Kier molecular flexibility index (Phi) is 5.04. The number of aliphatic hydroxyl groups is 1. The molecule has 1 aromatic rings. The van der Waals surface area contributed by atoms with E-state index in [1.807, 2.05) is 20.8 Å². The fraction of sp³-hybridized carbons (Fsp3) is 0.538. The Hall–Kier alpha value is -1.20. The zero-order chi connectivity index (χ0) is 13.8. The maximum absolute atomic E-state index is 12.9. The normalized spacial score (nSPS) is 13.4. The summed E-state index contributed by atoms with van der Waals surface area (Å²) in [6.45, 7) is 6.34. The second kappa shape index (κ2) is 6.11. The molecule has 1 unspecified atom stereocenters. The number of aliphatic hydroxyl groups excluding tert-OH is 1. The van der Waals surface area contributed by atoms with E-state index < -0.39 is 17.7 Å². The monoisotopic (exact) mass is 259 g/mol.